The topological polar surface area (TPSA) is 70.2 Å². The summed E-state index contributed by atoms with van der Waals surface area (Å²) in [4.78, 5) is 45.6. The second-order valence-corrected chi connectivity index (χ2v) is 10.9. The molecule has 7 heteroatoms. The van der Waals surface area contributed by atoms with Gasteiger partial charge in [0.05, 0.1) is 6.61 Å². The Morgan fingerprint density at radius 3 is 2.24 bits per heavy atom. The number of hydrogen-bond acceptors (Lipinski definition) is 4. The molecule has 1 aromatic carbocycles. The first kappa shape index (κ1) is 23.7. The molecule has 3 aliphatic heterocycles. The van der Waals surface area contributed by atoms with Crippen molar-refractivity contribution in [2.24, 2.45) is 5.41 Å². The number of rotatable bonds is 3. The Labute approximate surface area is 197 Å². The molecule has 3 saturated heterocycles. The third-order valence-corrected chi connectivity index (χ3v) is 7.14. The molecule has 0 N–H and O–H groups in total. The molecule has 0 aromatic heterocycles. The number of benzene rings is 1. The van der Waals surface area contributed by atoms with Crippen LogP contribution in [0.4, 0.5) is 0 Å². The van der Waals surface area contributed by atoms with Crippen LogP contribution in [0, 0.1) is 12.3 Å². The van der Waals surface area contributed by atoms with Gasteiger partial charge in [0.25, 0.3) is 5.91 Å². The molecule has 3 heterocycles. The van der Waals surface area contributed by atoms with Crippen LogP contribution < -0.4 is 0 Å². The predicted molar refractivity (Wildman–Crippen MR) is 126 cm³/mol. The van der Waals surface area contributed by atoms with Crippen molar-refractivity contribution in [2.75, 3.05) is 32.8 Å². The maximum Gasteiger partial charge on any atom is 0.257 e. The van der Waals surface area contributed by atoms with E-state index in [1.807, 2.05) is 41.0 Å². The van der Waals surface area contributed by atoms with Crippen LogP contribution >= 0.6 is 0 Å². The predicted octanol–water partition coefficient (Wildman–Crippen LogP) is 3.21. The average molecular weight is 456 g/mol. The van der Waals surface area contributed by atoms with E-state index in [1.165, 1.54) is 0 Å². The lowest BCUT2D eigenvalue weighted by molar-refractivity contribution is -0.146. The number of carbonyl (C=O) groups excluding carboxylic acids is 3. The van der Waals surface area contributed by atoms with E-state index >= 15 is 0 Å². The lowest BCUT2D eigenvalue weighted by Crippen LogP contribution is -2.60. The van der Waals surface area contributed by atoms with Crippen molar-refractivity contribution in [3.63, 3.8) is 0 Å². The van der Waals surface area contributed by atoms with E-state index in [9.17, 15) is 14.4 Å². The first-order valence-electron chi connectivity index (χ1n) is 12.2. The fraction of sp³-hybridized carbons (Fsp3) is 0.654. The molecule has 1 aromatic rings. The zero-order chi connectivity index (χ0) is 23.8. The van der Waals surface area contributed by atoms with Crippen molar-refractivity contribution in [1.29, 1.82) is 0 Å². The standard InChI is InChI=1S/C26H37N3O4/c1-19-9-5-6-10-20(19)23(31)29-21(24(32)28-13-7-8-14-28)18-33-26(29)11-15-27(16-12-26)22(30)17-25(2,3)4/h5-6,9-10,21H,7-8,11-18H2,1-4H3. The quantitative estimate of drug-likeness (QED) is 0.702. The van der Waals surface area contributed by atoms with Crippen LogP contribution in [0.15, 0.2) is 24.3 Å². The van der Waals surface area contributed by atoms with Crippen LogP contribution in [0.25, 0.3) is 0 Å². The molecule has 7 nitrogen and oxygen atoms in total. The van der Waals surface area contributed by atoms with E-state index in [4.69, 9.17) is 4.74 Å². The van der Waals surface area contributed by atoms with E-state index in [0.717, 1.165) is 31.5 Å². The summed E-state index contributed by atoms with van der Waals surface area (Å²) in [6, 6.07) is 6.89. The van der Waals surface area contributed by atoms with Gasteiger partial charge in [0.2, 0.25) is 11.8 Å². The minimum absolute atomic E-state index is 0.0162. The Hall–Kier alpha value is -2.41. The lowest BCUT2D eigenvalue weighted by atomic mass is 9.90. The van der Waals surface area contributed by atoms with Crippen molar-refractivity contribution < 1.29 is 19.1 Å². The van der Waals surface area contributed by atoms with Crippen LogP contribution in [0.2, 0.25) is 0 Å². The smallest absolute Gasteiger partial charge is 0.257 e. The fourth-order valence-electron chi connectivity index (χ4n) is 5.32. The van der Waals surface area contributed by atoms with Gasteiger partial charge in [-0.05, 0) is 36.8 Å². The zero-order valence-electron chi connectivity index (χ0n) is 20.4. The molecule has 0 aliphatic carbocycles. The molecule has 3 amide bonds. The number of piperidine rings is 1. The molecule has 1 unspecified atom stereocenters. The van der Waals surface area contributed by atoms with Gasteiger partial charge in [0.1, 0.15) is 11.8 Å². The molecule has 0 saturated carbocycles. The summed E-state index contributed by atoms with van der Waals surface area (Å²) < 4.78 is 6.32. The third kappa shape index (κ3) is 4.79. The zero-order valence-corrected chi connectivity index (χ0v) is 20.4. The van der Waals surface area contributed by atoms with Crippen LogP contribution in [0.3, 0.4) is 0 Å². The van der Waals surface area contributed by atoms with Gasteiger partial charge >= 0.3 is 0 Å². The van der Waals surface area contributed by atoms with Crippen molar-refractivity contribution in [1.82, 2.24) is 14.7 Å². The summed E-state index contributed by atoms with van der Waals surface area (Å²) in [7, 11) is 0. The third-order valence-electron chi connectivity index (χ3n) is 7.14. The molecule has 3 aliphatic rings. The van der Waals surface area contributed by atoms with Gasteiger partial charge in [0.15, 0.2) is 0 Å². The summed E-state index contributed by atoms with van der Waals surface area (Å²) in [5.41, 5.74) is 0.566. The molecular weight excluding hydrogens is 418 g/mol. The first-order chi connectivity index (χ1) is 15.6. The van der Waals surface area contributed by atoms with Gasteiger partial charge < -0.3 is 14.5 Å². The number of ether oxygens (including phenoxy) is 1. The molecule has 33 heavy (non-hydrogen) atoms. The highest BCUT2D eigenvalue weighted by atomic mass is 16.5. The largest absolute Gasteiger partial charge is 0.353 e. The van der Waals surface area contributed by atoms with Gasteiger partial charge in [-0.2, -0.15) is 0 Å². The second kappa shape index (κ2) is 9.09. The summed E-state index contributed by atoms with van der Waals surface area (Å²) >= 11 is 0. The van der Waals surface area contributed by atoms with Gasteiger partial charge in [-0.1, -0.05) is 39.0 Å². The Kier molecular flexibility index (Phi) is 6.54. The van der Waals surface area contributed by atoms with Crippen LogP contribution in [-0.2, 0) is 14.3 Å². The van der Waals surface area contributed by atoms with Crippen LogP contribution in [-0.4, -0.2) is 77.0 Å². The summed E-state index contributed by atoms with van der Waals surface area (Å²) in [6.07, 6.45) is 3.53. The van der Waals surface area contributed by atoms with E-state index in [-0.39, 0.29) is 29.7 Å². The summed E-state index contributed by atoms with van der Waals surface area (Å²) in [6.45, 7) is 10.8. The van der Waals surface area contributed by atoms with Crippen LogP contribution in [0.5, 0.6) is 0 Å². The van der Waals surface area contributed by atoms with Crippen molar-refractivity contribution in [3.05, 3.63) is 35.4 Å². The van der Waals surface area contributed by atoms with Gasteiger partial charge in [0, 0.05) is 51.0 Å². The van der Waals surface area contributed by atoms with E-state index in [1.54, 1.807) is 4.90 Å². The van der Waals surface area contributed by atoms with Crippen LogP contribution in [0.1, 0.15) is 68.8 Å². The molecule has 0 bridgehead atoms. The Balaban J connectivity index is 1.59. The first-order valence-corrected chi connectivity index (χ1v) is 12.2. The van der Waals surface area contributed by atoms with Crippen molar-refractivity contribution >= 4 is 17.7 Å². The van der Waals surface area contributed by atoms with Gasteiger partial charge in [-0.25, -0.2) is 0 Å². The number of carbonyl (C=O) groups is 3. The molecule has 4 rings (SSSR count). The van der Waals surface area contributed by atoms with Crippen molar-refractivity contribution in [2.45, 2.75) is 71.6 Å². The maximum absolute atomic E-state index is 13.9. The number of nitrogens with zero attached hydrogens (tertiary/aromatic N) is 3. The monoisotopic (exact) mass is 455 g/mol. The Morgan fingerprint density at radius 2 is 1.64 bits per heavy atom. The Bertz CT molecular complexity index is 908. The molecule has 180 valence electrons. The minimum Gasteiger partial charge on any atom is -0.353 e. The molecule has 0 radical (unpaired) electrons. The van der Waals surface area contributed by atoms with Crippen molar-refractivity contribution in [3.8, 4) is 0 Å². The van der Waals surface area contributed by atoms with Gasteiger partial charge in [-0.3, -0.25) is 19.3 Å². The summed E-state index contributed by atoms with van der Waals surface area (Å²) in [5, 5.41) is 0. The molecule has 3 fully saturated rings. The number of aryl methyl sites for hydroxylation is 1. The highest BCUT2D eigenvalue weighted by Gasteiger charge is 2.55. The van der Waals surface area contributed by atoms with Gasteiger partial charge in [-0.15, -0.1) is 0 Å². The maximum atomic E-state index is 13.9. The fourth-order valence-corrected chi connectivity index (χ4v) is 5.32. The molecular formula is C26H37N3O4. The lowest BCUT2D eigenvalue weighted by Gasteiger charge is -2.45. The number of hydrogen-bond donors (Lipinski definition) is 0. The minimum atomic E-state index is -0.849. The average Bonchev–Trinajstić information content (AvgIpc) is 3.41. The second-order valence-electron chi connectivity index (χ2n) is 10.9. The Morgan fingerprint density at radius 1 is 1.00 bits per heavy atom. The van der Waals surface area contributed by atoms with E-state index < -0.39 is 11.8 Å². The highest BCUT2D eigenvalue weighted by molar-refractivity contribution is 5.99. The normalized spacial score (nSPS) is 22.8. The summed E-state index contributed by atoms with van der Waals surface area (Å²) in [5.74, 6) is -0.0352. The number of amides is 3. The number of likely N-dealkylation sites (tertiary alicyclic amines) is 2. The highest BCUT2D eigenvalue weighted by Crippen LogP contribution is 2.40. The SMILES string of the molecule is Cc1ccccc1C(=O)N1C(C(=O)N2CCCC2)COC12CCN(C(=O)CC(C)(C)C)CC2. The molecule has 1 spiro atoms. The molecule has 1 atom stereocenters. The van der Waals surface area contributed by atoms with E-state index in [2.05, 4.69) is 20.8 Å². The van der Waals surface area contributed by atoms with E-state index in [0.29, 0.717) is 37.9 Å².